The summed E-state index contributed by atoms with van der Waals surface area (Å²) in [5.41, 5.74) is 0.979. The Hall–Kier alpha value is -2.80. The maximum Gasteiger partial charge on any atom is 0.417 e. The number of pyridine rings is 1. The SMILES string of the molecule is CC(C)c1nc2c(Cl)cc(C(F)(F)F)cn2c1COC(=O)/C=C/c1ccccc1. The summed E-state index contributed by atoms with van der Waals surface area (Å²) in [6.07, 6.45) is -0.782. The van der Waals surface area contributed by atoms with Gasteiger partial charge in [0.15, 0.2) is 5.65 Å². The summed E-state index contributed by atoms with van der Waals surface area (Å²) in [4.78, 5) is 16.4. The van der Waals surface area contributed by atoms with Gasteiger partial charge in [-0.3, -0.25) is 4.40 Å². The average molecular weight is 423 g/mol. The van der Waals surface area contributed by atoms with Crippen LogP contribution < -0.4 is 0 Å². The number of nitrogens with zero attached hydrogens (tertiary/aromatic N) is 2. The Labute approximate surface area is 170 Å². The number of rotatable bonds is 5. The van der Waals surface area contributed by atoms with Crippen LogP contribution in [0.3, 0.4) is 0 Å². The van der Waals surface area contributed by atoms with Crippen LogP contribution in [0.4, 0.5) is 13.2 Å². The van der Waals surface area contributed by atoms with E-state index in [0.717, 1.165) is 17.8 Å². The number of benzene rings is 1. The first-order valence-electron chi connectivity index (χ1n) is 8.84. The quantitative estimate of drug-likeness (QED) is 0.380. The number of alkyl halides is 3. The average Bonchev–Trinajstić information content (AvgIpc) is 3.04. The van der Waals surface area contributed by atoms with E-state index in [1.165, 1.54) is 10.5 Å². The van der Waals surface area contributed by atoms with Crippen LogP contribution in [-0.4, -0.2) is 15.4 Å². The lowest BCUT2D eigenvalue weighted by Gasteiger charge is -2.11. The number of carbonyl (C=O) groups excluding carboxylic acids is 1. The third-order valence-corrected chi connectivity index (χ3v) is 4.52. The summed E-state index contributed by atoms with van der Waals surface area (Å²) in [5.74, 6) is -0.717. The van der Waals surface area contributed by atoms with Crippen LogP contribution in [0.1, 0.15) is 42.3 Å². The van der Waals surface area contributed by atoms with E-state index in [9.17, 15) is 18.0 Å². The highest BCUT2D eigenvalue weighted by Crippen LogP contribution is 2.34. The number of carbonyl (C=O) groups is 1. The molecule has 8 heteroatoms. The van der Waals surface area contributed by atoms with Crippen molar-refractivity contribution in [3.8, 4) is 0 Å². The molecule has 152 valence electrons. The summed E-state index contributed by atoms with van der Waals surface area (Å²) < 4.78 is 46.1. The number of esters is 1. The topological polar surface area (TPSA) is 43.6 Å². The lowest BCUT2D eigenvalue weighted by molar-refractivity contribution is -0.139. The minimum absolute atomic E-state index is 0.103. The summed E-state index contributed by atoms with van der Waals surface area (Å²) >= 11 is 6.04. The monoisotopic (exact) mass is 422 g/mol. The van der Waals surface area contributed by atoms with E-state index >= 15 is 0 Å². The Morgan fingerprint density at radius 3 is 2.59 bits per heavy atom. The second-order valence-electron chi connectivity index (χ2n) is 6.72. The number of ether oxygens (including phenoxy) is 1. The van der Waals surface area contributed by atoms with Crippen LogP contribution in [0.2, 0.25) is 5.02 Å². The van der Waals surface area contributed by atoms with E-state index in [4.69, 9.17) is 16.3 Å². The van der Waals surface area contributed by atoms with E-state index in [0.29, 0.717) is 11.4 Å². The van der Waals surface area contributed by atoms with Gasteiger partial charge >= 0.3 is 12.1 Å². The molecule has 0 fully saturated rings. The van der Waals surface area contributed by atoms with Crippen molar-refractivity contribution in [1.29, 1.82) is 0 Å². The summed E-state index contributed by atoms with van der Waals surface area (Å²) in [5, 5.41) is -0.122. The summed E-state index contributed by atoms with van der Waals surface area (Å²) in [6.45, 7) is 3.46. The number of halogens is 4. The molecule has 2 aromatic heterocycles. The van der Waals surface area contributed by atoms with Gasteiger partial charge in [0.05, 0.1) is 22.0 Å². The maximum atomic E-state index is 13.2. The predicted octanol–water partition coefficient (Wildman–Crippen LogP) is 5.89. The Balaban J connectivity index is 1.90. The van der Waals surface area contributed by atoms with Crippen LogP contribution in [0, 0.1) is 0 Å². The zero-order chi connectivity index (χ0) is 21.2. The molecule has 0 aliphatic carbocycles. The van der Waals surface area contributed by atoms with Crippen LogP contribution in [-0.2, 0) is 22.3 Å². The van der Waals surface area contributed by atoms with Crippen molar-refractivity contribution < 1.29 is 22.7 Å². The van der Waals surface area contributed by atoms with Crippen molar-refractivity contribution in [3.05, 3.63) is 76.2 Å². The van der Waals surface area contributed by atoms with Crippen LogP contribution in [0.25, 0.3) is 11.7 Å². The zero-order valence-corrected chi connectivity index (χ0v) is 16.5. The van der Waals surface area contributed by atoms with Crippen molar-refractivity contribution in [2.24, 2.45) is 0 Å². The van der Waals surface area contributed by atoms with Gasteiger partial charge in [-0.2, -0.15) is 13.2 Å². The molecule has 0 aliphatic heterocycles. The maximum absolute atomic E-state index is 13.2. The molecule has 0 radical (unpaired) electrons. The van der Waals surface area contributed by atoms with Gasteiger partial charge in [0.2, 0.25) is 0 Å². The molecule has 0 saturated heterocycles. The molecule has 0 saturated carbocycles. The number of aromatic nitrogens is 2. The molecule has 0 amide bonds. The molecule has 0 spiro atoms. The molecule has 0 atom stereocenters. The first-order valence-corrected chi connectivity index (χ1v) is 9.22. The highest BCUT2D eigenvalue weighted by atomic mass is 35.5. The third kappa shape index (κ3) is 4.79. The van der Waals surface area contributed by atoms with Crippen molar-refractivity contribution in [2.45, 2.75) is 32.5 Å². The van der Waals surface area contributed by atoms with Crippen molar-refractivity contribution in [1.82, 2.24) is 9.38 Å². The Morgan fingerprint density at radius 2 is 1.97 bits per heavy atom. The Bertz CT molecular complexity index is 1060. The highest BCUT2D eigenvalue weighted by Gasteiger charge is 2.32. The Morgan fingerprint density at radius 1 is 1.28 bits per heavy atom. The van der Waals surface area contributed by atoms with Gasteiger partial charge in [0, 0.05) is 12.3 Å². The van der Waals surface area contributed by atoms with E-state index in [1.54, 1.807) is 6.08 Å². The molecule has 3 rings (SSSR count). The van der Waals surface area contributed by atoms with Gasteiger partial charge in [0.1, 0.15) is 6.61 Å². The van der Waals surface area contributed by atoms with Crippen molar-refractivity contribution in [2.75, 3.05) is 0 Å². The van der Waals surface area contributed by atoms with Gasteiger partial charge < -0.3 is 4.74 Å². The number of hydrogen-bond acceptors (Lipinski definition) is 3. The first kappa shape index (κ1) is 20.9. The molecule has 0 N–H and O–H groups in total. The fourth-order valence-electron chi connectivity index (χ4n) is 2.85. The van der Waals surface area contributed by atoms with Crippen LogP contribution in [0.5, 0.6) is 0 Å². The molecular weight excluding hydrogens is 405 g/mol. The largest absolute Gasteiger partial charge is 0.456 e. The number of hydrogen-bond donors (Lipinski definition) is 0. The minimum Gasteiger partial charge on any atom is -0.456 e. The minimum atomic E-state index is -4.56. The zero-order valence-electron chi connectivity index (χ0n) is 15.7. The molecule has 0 aliphatic rings. The van der Waals surface area contributed by atoms with Crippen molar-refractivity contribution in [3.63, 3.8) is 0 Å². The fraction of sp³-hybridized carbons (Fsp3) is 0.238. The molecule has 3 aromatic rings. The molecule has 0 unspecified atom stereocenters. The first-order chi connectivity index (χ1) is 13.7. The van der Waals surface area contributed by atoms with Crippen LogP contribution in [0.15, 0.2) is 48.7 Å². The lowest BCUT2D eigenvalue weighted by Crippen LogP contribution is -2.09. The second-order valence-corrected chi connectivity index (χ2v) is 7.13. The number of imidazole rings is 1. The Kier molecular flexibility index (Phi) is 5.98. The van der Waals surface area contributed by atoms with E-state index in [-0.39, 0.29) is 23.2 Å². The van der Waals surface area contributed by atoms with Gasteiger partial charge in [0.25, 0.3) is 0 Å². The van der Waals surface area contributed by atoms with Crippen LogP contribution >= 0.6 is 11.6 Å². The fourth-order valence-corrected chi connectivity index (χ4v) is 3.10. The van der Waals surface area contributed by atoms with Gasteiger partial charge in [-0.25, -0.2) is 9.78 Å². The lowest BCUT2D eigenvalue weighted by atomic mass is 10.1. The third-order valence-electron chi connectivity index (χ3n) is 4.24. The van der Waals surface area contributed by atoms with Gasteiger partial charge in [-0.15, -0.1) is 0 Å². The molecule has 4 nitrogen and oxygen atoms in total. The standard InChI is InChI=1S/C21H18ClF3N2O2/c1-13(2)19-17(12-29-18(28)9-8-14-6-4-3-5-7-14)27-11-15(21(23,24)25)10-16(22)20(27)26-19/h3-11,13H,12H2,1-2H3/b9-8+. The predicted molar refractivity (Wildman–Crippen MR) is 105 cm³/mol. The van der Waals surface area contributed by atoms with E-state index in [1.807, 2.05) is 44.2 Å². The summed E-state index contributed by atoms with van der Waals surface area (Å²) in [7, 11) is 0. The van der Waals surface area contributed by atoms with Crippen molar-refractivity contribution >= 4 is 29.3 Å². The van der Waals surface area contributed by atoms with E-state index < -0.39 is 17.7 Å². The van der Waals surface area contributed by atoms with Gasteiger partial charge in [-0.1, -0.05) is 55.8 Å². The smallest absolute Gasteiger partial charge is 0.417 e. The molecule has 2 heterocycles. The molecular formula is C21H18ClF3N2O2. The summed E-state index contributed by atoms with van der Waals surface area (Å²) in [6, 6.07) is 10.0. The van der Waals surface area contributed by atoms with Gasteiger partial charge in [-0.05, 0) is 23.6 Å². The van der Waals surface area contributed by atoms with E-state index in [2.05, 4.69) is 4.98 Å². The second kappa shape index (κ2) is 8.29. The highest BCUT2D eigenvalue weighted by molar-refractivity contribution is 6.33. The molecule has 1 aromatic carbocycles. The molecule has 29 heavy (non-hydrogen) atoms. The number of fused-ring (bicyclic) bond motifs is 1. The molecule has 0 bridgehead atoms. The normalized spacial score (nSPS) is 12.2.